The van der Waals surface area contributed by atoms with Gasteiger partial charge in [0.25, 0.3) is 0 Å². The Morgan fingerprint density at radius 2 is 0.980 bits per heavy atom. The van der Waals surface area contributed by atoms with E-state index in [2.05, 4.69) is 123 Å². The number of hydrogen-bond donors (Lipinski definition) is 0. The van der Waals surface area contributed by atoms with E-state index in [9.17, 15) is 0 Å². The summed E-state index contributed by atoms with van der Waals surface area (Å²) in [7, 11) is 0. The lowest BCUT2D eigenvalue weighted by Crippen LogP contribution is -1.80. The molecule has 250 valence electrons. The van der Waals surface area contributed by atoms with Gasteiger partial charge in [-0.2, -0.15) is 0 Å². The summed E-state index contributed by atoms with van der Waals surface area (Å²) in [4.78, 5) is 14.0. The quantitative estimate of drug-likeness (QED) is 0.0868. The van der Waals surface area contributed by atoms with Crippen molar-refractivity contribution in [3.8, 4) is 39.0 Å². The molecule has 0 aliphatic rings. The molecular formula is C44H44S5. The van der Waals surface area contributed by atoms with Crippen LogP contribution in [0.3, 0.4) is 0 Å². The molecule has 49 heavy (non-hydrogen) atoms. The topological polar surface area (TPSA) is 0 Å². The Labute approximate surface area is 312 Å². The van der Waals surface area contributed by atoms with E-state index in [1.807, 2.05) is 56.7 Å². The molecule has 0 unspecified atom stereocenters. The number of unbranched alkanes of at least 4 members (excludes halogenated alkanes) is 6. The van der Waals surface area contributed by atoms with E-state index in [4.69, 9.17) is 0 Å². The number of hydrogen-bond acceptors (Lipinski definition) is 5. The molecule has 0 amide bonds. The summed E-state index contributed by atoms with van der Waals surface area (Å²) in [6, 6.07) is 36.5. The second-order valence-corrected chi connectivity index (χ2v) is 18.4. The van der Waals surface area contributed by atoms with Gasteiger partial charge >= 0.3 is 0 Å². The summed E-state index contributed by atoms with van der Waals surface area (Å²) in [5.41, 5.74) is 2.53. The molecule has 5 aromatic heterocycles. The zero-order chi connectivity index (χ0) is 33.4. The van der Waals surface area contributed by atoms with Crippen LogP contribution in [0, 0.1) is 0 Å². The number of fused-ring (bicyclic) bond motifs is 1. The Balaban J connectivity index is 1.16. The highest BCUT2D eigenvalue weighted by atomic mass is 32.1. The second-order valence-electron chi connectivity index (χ2n) is 12.8. The Morgan fingerprint density at radius 1 is 0.429 bits per heavy atom. The van der Waals surface area contributed by atoms with Crippen molar-refractivity contribution >= 4 is 79.6 Å². The predicted molar refractivity (Wildman–Crippen MR) is 226 cm³/mol. The van der Waals surface area contributed by atoms with Crippen LogP contribution in [0.15, 0.2) is 97.1 Å². The number of aryl methyl sites for hydroxylation is 2. The normalized spacial score (nSPS) is 11.8. The molecule has 0 N–H and O–H groups in total. The van der Waals surface area contributed by atoms with Crippen LogP contribution in [0.1, 0.15) is 86.1 Å². The Hall–Kier alpha value is -3.06. The van der Waals surface area contributed by atoms with Crippen molar-refractivity contribution in [3.05, 3.63) is 118 Å². The van der Waals surface area contributed by atoms with Gasteiger partial charge in [-0.15, -0.1) is 56.7 Å². The van der Waals surface area contributed by atoms with Gasteiger partial charge in [0.15, 0.2) is 0 Å². The van der Waals surface area contributed by atoms with Crippen LogP contribution < -0.4 is 0 Å². The summed E-state index contributed by atoms with van der Waals surface area (Å²) >= 11 is 9.77. The van der Waals surface area contributed by atoms with Crippen molar-refractivity contribution in [2.24, 2.45) is 0 Å². The van der Waals surface area contributed by atoms with Crippen LogP contribution >= 0.6 is 56.7 Å². The van der Waals surface area contributed by atoms with Crippen LogP contribution in [0.25, 0.3) is 61.9 Å². The first-order chi connectivity index (χ1) is 24.2. The Bertz CT molecular complexity index is 2120. The summed E-state index contributed by atoms with van der Waals surface area (Å²) in [6.07, 6.45) is 17.6. The predicted octanol–water partition coefficient (Wildman–Crippen LogP) is 16.2. The summed E-state index contributed by atoms with van der Waals surface area (Å²) in [5, 5.41) is 2.56. The molecule has 0 saturated heterocycles. The van der Waals surface area contributed by atoms with Gasteiger partial charge in [0, 0.05) is 43.9 Å². The van der Waals surface area contributed by atoms with E-state index in [1.54, 1.807) is 0 Å². The third-order valence-corrected chi connectivity index (χ3v) is 15.4. The molecule has 2 aromatic carbocycles. The highest BCUT2D eigenvalue weighted by Gasteiger charge is 2.17. The van der Waals surface area contributed by atoms with Crippen molar-refractivity contribution in [3.63, 3.8) is 0 Å². The average Bonchev–Trinajstić information content (AvgIpc) is 3.97. The van der Waals surface area contributed by atoms with E-state index < -0.39 is 0 Å². The molecule has 7 aromatic rings. The first-order valence-electron chi connectivity index (χ1n) is 17.9. The Morgan fingerprint density at radius 3 is 1.63 bits per heavy atom. The number of rotatable bonds is 16. The number of benzene rings is 2. The van der Waals surface area contributed by atoms with Crippen molar-refractivity contribution in [1.29, 1.82) is 0 Å². The van der Waals surface area contributed by atoms with Gasteiger partial charge < -0.3 is 0 Å². The lowest BCUT2D eigenvalue weighted by atomic mass is 10.1. The summed E-state index contributed by atoms with van der Waals surface area (Å²) in [6.45, 7) is 4.57. The molecule has 0 saturated carbocycles. The SMILES string of the molecule is CCCCCCc1ccc(-c2ccc(-c3cc(/C=C/c4ccc5ccccc5c4)c(-c4ccc(-c5ccc(CCCCCC)s5)s4)s3)s2)s1. The van der Waals surface area contributed by atoms with Crippen LogP contribution in [0.5, 0.6) is 0 Å². The lowest BCUT2D eigenvalue weighted by molar-refractivity contribution is 0.670. The fourth-order valence-corrected chi connectivity index (χ4v) is 11.9. The van der Waals surface area contributed by atoms with Gasteiger partial charge in [-0.3, -0.25) is 0 Å². The summed E-state index contributed by atoms with van der Waals surface area (Å²) < 4.78 is 0. The van der Waals surface area contributed by atoms with Crippen molar-refractivity contribution in [1.82, 2.24) is 0 Å². The molecule has 0 aliphatic carbocycles. The first-order valence-corrected chi connectivity index (χ1v) is 21.9. The monoisotopic (exact) mass is 732 g/mol. The molecule has 0 fully saturated rings. The van der Waals surface area contributed by atoms with E-state index in [0.29, 0.717) is 0 Å². The van der Waals surface area contributed by atoms with Gasteiger partial charge in [0.1, 0.15) is 0 Å². The van der Waals surface area contributed by atoms with Gasteiger partial charge in [-0.05, 0) is 108 Å². The highest BCUT2D eigenvalue weighted by Crippen LogP contribution is 2.47. The van der Waals surface area contributed by atoms with E-state index in [1.165, 1.54) is 135 Å². The maximum Gasteiger partial charge on any atom is 0.0522 e. The largest absolute Gasteiger partial charge is 0.139 e. The van der Waals surface area contributed by atoms with Gasteiger partial charge in [0.05, 0.1) is 4.88 Å². The molecule has 0 radical (unpaired) electrons. The maximum atomic E-state index is 2.42. The molecule has 0 nitrogen and oxygen atoms in total. The zero-order valence-corrected chi connectivity index (χ0v) is 32.6. The van der Waals surface area contributed by atoms with Crippen molar-refractivity contribution < 1.29 is 0 Å². The molecular weight excluding hydrogens is 689 g/mol. The molecule has 0 aliphatic heterocycles. The van der Waals surface area contributed by atoms with Crippen LogP contribution in [-0.2, 0) is 12.8 Å². The Kier molecular flexibility index (Phi) is 11.8. The highest BCUT2D eigenvalue weighted by molar-refractivity contribution is 7.29. The minimum Gasteiger partial charge on any atom is -0.139 e. The fourth-order valence-electron chi connectivity index (χ4n) is 6.28. The van der Waals surface area contributed by atoms with E-state index >= 15 is 0 Å². The van der Waals surface area contributed by atoms with Crippen molar-refractivity contribution in [2.75, 3.05) is 0 Å². The van der Waals surface area contributed by atoms with Crippen LogP contribution in [0.2, 0.25) is 0 Å². The smallest absolute Gasteiger partial charge is 0.0522 e. The van der Waals surface area contributed by atoms with Crippen LogP contribution in [0.4, 0.5) is 0 Å². The van der Waals surface area contributed by atoms with Crippen LogP contribution in [-0.4, -0.2) is 0 Å². The maximum absolute atomic E-state index is 2.42. The average molecular weight is 733 g/mol. The molecule has 5 heteroatoms. The van der Waals surface area contributed by atoms with Crippen molar-refractivity contribution in [2.45, 2.75) is 78.1 Å². The molecule has 0 bridgehead atoms. The lowest BCUT2D eigenvalue weighted by Gasteiger charge is -2.00. The zero-order valence-electron chi connectivity index (χ0n) is 28.5. The third-order valence-electron chi connectivity index (χ3n) is 9.03. The van der Waals surface area contributed by atoms with Gasteiger partial charge in [-0.25, -0.2) is 0 Å². The summed E-state index contributed by atoms with van der Waals surface area (Å²) in [5.74, 6) is 0. The minimum atomic E-state index is 1.20. The van der Waals surface area contributed by atoms with Gasteiger partial charge in [0.2, 0.25) is 0 Å². The first kappa shape index (κ1) is 34.4. The molecule has 0 atom stereocenters. The minimum absolute atomic E-state index is 1.20. The standard InChI is InChI=1S/C44H44S5/c1-3-5-7-9-15-35-21-23-37(45-35)39-25-26-41(47-39)43-30-34(20-18-31-17-19-32-13-11-12-14-33(32)29-31)44(49-43)42-28-27-40(48-42)38-24-22-36(46-38)16-10-8-6-4-2/h11-14,17-30H,3-10,15-16H2,1-2H3/b20-18+. The second kappa shape index (κ2) is 16.8. The van der Waals surface area contributed by atoms with Gasteiger partial charge in [-0.1, -0.05) is 101 Å². The van der Waals surface area contributed by atoms with E-state index in [-0.39, 0.29) is 0 Å². The number of thiophene rings is 5. The fraction of sp³-hybridized carbons (Fsp3) is 0.273. The molecule has 0 spiro atoms. The molecule has 5 heterocycles. The third kappa shape index (κ3) is 8.64. The molecule has 7 rings (SSSR count). The van der Waals surface area contributed by atoms with E-state index in [0.717, 1.165) is 0 Å².